The number of methoxy groups -OCH3 is 2. The number of aromatic nitrogens is 5. The van der Waals surface area contributed by atoms with Crippen LogP contribution < -0.4 is 31.0 Å². The Morgan fingerprint density at radius 3 is 2.62 bits per heavy atom. The van der Waals surface area contributed by atoms with Crippen molar-refractivity contribution in [1.29, 1.82) is 5.41 Å². The van der Waals surface area contributed by atoms with Crippen molar-refractivity contribution in [2.45, 2.75) is 13.0 Å². The van der Waals surface area contributed by atoms with E-state index in [0.29, 0.717) is 36.0 Å². The van der Waals surface area contributed by atoms with E-state index in [1.807, 2.05) is 0 Å². The fraction of sp³-hybridized carbons (Fsp3) is 0.231. The number of amidine groups is 1. The number of aromatic amines is 1. The predicted octanol–water partition coefficient (Wildman–Crippen LogP) is 1.80. The molecular formula is C26H28N8O6. The number of nitrogen functional groups attached to an aromatic ring is 1. The van der Waals surface area contributed by atoms with Crippen molar-refractivity contribution in [3.8, 4) is 23.1 Å². The average molecular weight is 549 g/mol. The molecule has 0 saturated heterocycles. The highest BCUT2D eigenvalue weighted by atomic mass is 16.5. The first-order valence-corrected chi connectivity index (χ1v) is 12.0. The molecule has 0 radical (unpaired) electrons. The number of hydrogen-bond acceptors (Lipinski definition) is 11. The molecule has 0 amide bonds. The maximum Gasteiger partial charge on any atom is 0.349 e. The lowest BCUT2D eigenvalue weighted by Gasteiger charge is -2.21. The summed E-state index contributed by atoms with van der Waals surface area (Å²) in [7, 11) is 3.10. The molecule has 2 aromatic heterocycles. The van der Waals surface area contributed by atoms with Gasteiger partial charge in [0.1, 0.15) is 35.7 Å². The van der Waals surface area contributed by atoms with E-state index in [4.69, 9.17) is 30.1 Å². The number of H-pyrrole nitrogens is 1. The lowest BCUT2D eigenvalue weighted by molar-refractivity contribution is -0.131. The molecule has 40 heavy (non-hydrogen) atoms. The van der Waals surface area contributed by atoms with Gasteiger partial charge in [-0.2, -0.15) is 9.78 Å². The molecule has 208 valence electrons. The molecule has 0 aliphatic carbocycles. The standard InChI is InChI=1S/C26H28N8O6/c1-15(35)40-21-13-17(6-7-20(21)24(27)28)30-23(16-11-18(38-3)14-19(12-16)39-10-9-37-2)25-31-26(36)34(33-25)22-5-4-8-29-32-22/h4-8,11-14,23,30H,9-10H2,1-3H3,(H3,27,28)(H,31,33,36)/t23-/m0/s1. The normalized spacial score (nSPS) is 11.5. The van der Waals surface area contributed by atoms with E-state index in [2.05, 4.69) is 25.6 Å². The summed E-state index contributed by atoms with van der Waals surface area (Å²) in [6.07, 6.45) is 1.49. The van der Waals surface area contributed by atoms with Gasteiger partial charge in [0.25, 0.3) is 0 Å². The summed E-state index contributed by atoms with van der Waals surface area (Å²) in [5.74, 6) is 0.714. The fourth-order valence-electron chi connectivity index (χ4n) is 3.79. The summed E-state index contributed by atoms with van der Waals surface area (Å²) < 4.78 is 22.8. The molecule has 2 heterocycles. The van der Waals surface area contributed by atoms with Gasteiger partial charge in [-0.05, 0) is 42.0 Å². The van der Waals surface area contributed by atoms with E-state index in [-0.39, 0.29) is 28.8 Å². The molecule has 4 aromatic rings. The zero-order chi connectivity index (χ0) is 28.6. The van der Waals surface area contributed by atoms with E-state index in [1.165, 1.54) is 26.3 Å². The van der Waals surface area contributed by atoms with E-state index < -0.39 is 17.7 Å². The average Bonchev–Trinajstić information content (AvgIpc) is 3.32. The van der Waals surface area contributed by atoms with Gasteiger partial charge in [0, 0.05) is 38.1 Å². The number of carbonyl (C=O) groups excluding carboxylic acids is 1. The Bertz CT molecular complexity index is 1550. The Hall–Kier alpha value is -5.24. The van der Waals surface area contributed by atoms with E-state index in [0.717, 1.165) is 4.68 Å². The zero-order valence-electron chi connectivity index (χ0n) is 22.0. The van der Waals surface area contributed by atoms with Crippen LogP contribution >= 0.6 is 0 Å². The minimum Gasteiger partial charge on any atom is -0.497 e. The van der Waals surface area contributed by atoms with Gasteiger partial charge in [0.2, 0.25) is 0 Å². The topological polar surface area (TPSA) is 192 Å². The fourth-order valence-corrected chi connectivity index (χ4v) is 3.79. The molecule has 14 heteroatoms. The van der Waals surface area contributed by atoms with Gasteiger partial charge in [0.05, 0.1) is 19.3 Å². The molecular weight excluding hydrogens is 520 g/mol. The van der Waals surface area contributed by atoms with Crippen molar-refractivity contribution in [2.75, 3.05) is 32.8 Å². The molecule has 0 spiro atoms. The smallest absolute Gasteiger partial charge is 0.349 e. The summed E-state index contributed by atoms with van der Waals surface area (Å²) >= 11 is 0. The van der Waals surface area contributed by atoms with Gasteiger partial charge in [-0.1, -0.05) is 0 Å². The number of benzene rings is 2. The van der Waals surface area contributed by atoms with E-state index in [1.54, 1.807) is 49.6 Å². The number of carbonyl (C=O) groups is 1. The predicted molar refractivity (Wildman–Crippen MR) is 144 cm³/mol. The maximum absolute atomic E-state index is 12.9. The summed E-state index contributed by atoms with van der Waals surface area (Å²) in [6, 6.07) is 12.5. The number of hydrogen-bond donors (Lipinski definition) is 4. The first-order valence-electron chi connectivity index (χ1n) is 12.0. The summed E-state index contributed by atoms with van der Waals surface area (Å²) in [4.78, 5) is 27.4. The van der Waals surface area contributed by atoms with Gasteiger partial charge in [0.15, 0.2) is 11.6 Å². The van der Waals surface area contributed by atoms with Crippen molar-refractivity contribution in [1.82, 2.24) is 25.0 Å². The van der Waals surface area contributed by atoms with Gasteiger partial charge >= 0.3 is 11.7 Å². The number of nitrogens with one attached hydrogen (secondary N) is 3. The second-order valence-electron chi connectivity index (χ2n) is 8.39. The molecule has 0 saturated carbocycles. The van der Waals surface area contributed by atoms with Gasteiger partial charge in [-0.25, -0.2) is 4.79 Å². The van der Waals surface area contributed by atoms with E-state index in [9.17, 15) is 9.59 Å². The van der Waals surface area contributed by atoms with Crippen LogP contribution in [0.15, 0.2) is 59.5 Å². The van der Waals surface area contributed by atoms with Crippen LogP contribution in [0.5, 0.6) is 17.2 Å². The third-order valence-electron chi connectivity index (χ3n) is 5.55. The largest absolute Gasteiger partial charge is 0.497 e. The number of nitrogens with two attached hydrogens (primary N) is 1. The number of ether oxygens (including phenoxy) is 4. The molecule has 0 unspecified atom stereocenters. The van der Waals surface area contributed by atoms with Crippen LogP contribution in [0.25, 0.3) is 5.82 Å². The van der Waals surface area contributed by atoms with Gasteiger partial charge < -0.3 is 30.0 Å². The second kappa shape index (κ2) is 12.5. The molecule has 0 bridgehead atoms. The Balaban J connectivity index is 1.82. The third-order valence-corrected chi connectivity index (χ3v) is 5.55. The second-order valence-corrected chi connectivity index (χ2v) is 8.39. The number of nitrogens with zero attached hydrogens (tertiary/aromatic N) is 4. The Morgan fingerprint density at radius 2 is 1.95 bits per heavy atom. The van der Waals surface area contributed by atoms with Crippen molar-refractivity contribution in [3.63, 3.8) is 0 Å². The first-order chi connectivity index (χ1) is 19.3. The third kappa shape index (κ3) is 6.60. The highest BCUT2D eigenvalue weighted by Crippen LogP contribution is 2.33. The van der Waals surface area contributed by atoms with E-state index >= 15 is 0 Å². The van der Waals surface area contributed by atoms with Crippen LogP contribution in [0, 0.1) is 5.41 Å². The van der Waals surface area contributed by atoms with Gasteiger partial charge in [-0.3, -0.25) is 15.2 Å². The Morgan fingerprint density at radius 1 is 1.15 bits per heavy atom. The monoisotopic (exact) mass is 548 g/mol. The minimum absolute atomic E-state index is 0.0940. The highest BCUT2D eigenvalue weighted by molar-refractivity contribution is 5.98. The summed E-state index contributed by atoms with van der Waals surface area (Å²) in [5, 5.41) is 23.4. The quantitative estimate of drug-likeness (QED) is 0.0663. The lowest BCUT2D eigenvalue weighted by Crippen LogP contribution is -2.17. The SMILES string of the molecule is COCCOc1cc(OC)cc([C@H](Nc2ccc(C(=N)N)c(OC(C)=O)c2)c2nn(-c3cccnn3)c(=O)[nH]2)c1. The Kier molecular flexibility index (Phi) is 8.71. The number of anilines is 1. The molecule has 4 rings (SSSR count). The van der Waals surface area contributed by atoms with Crippen molar-refractivity contribution >= 4 is 17.5 Å². The van der Waals surface area contributed by atoms with Crippen LogP contribution in [0.3, 0.4) is 0 Å². The highest BCUT2D eigenvalue weighted by Gasteiger charge is 2.23. The molecule has 0 aliphatic rings. The Labute approximate surface area is 228 Å². The lowest BCUT2D eigenvalue weighted by atomic mass is 10.0. The molecule has 5 N–H and O–H groups in total. The van der Waals surface area contributed by atoms with Crippen LogP contribution in [0.1, 0.15) is 29.9 Å². The molecule has 2 aromatic carbocycles. The molecule has 0 aliphatic heterocycles. The van der Waals surface area contributed by atoms with Crippen LogP contribution in [0.2, 0.25) is 0 Å². The first kappa shape index (κ1) is 27.8. The number of rotatable bonds is 12. The minimum atomic E-state index is -0.765. The van der Waals surface area contributed by atoms with Crippen LogP contribution in [-0.2, 0) is 9.53 Å². The van der Waals surface area contributed by atoms with Crippen molar-refractivity contribution in [3.05, 3.63) is 82.2 Å². The van der Waals surface area contributed by atoms with Crippen LogP contribution in [-0.4, -0.2) is 64.2 Å². The summed E-state index contributed by atoms with van der Waals surface area (Å²) in [6.45, 7) is 1.93. The molecule has 14 nitrogen and oxygen atoms in total. The zero-order valence-corrected chi connectivity index (χ0v) is 22.0. The maximum atomic E-state index is 12.9. The van der Waals surface area contributed by atoms with Crippen molar-refractivity contribution < 1.29 is 23.7 Å². The molecule has 0 fully saturated rings. The van der Waals surface area contributed by atoms with Gasteiger partial charge in [-0.15, -0.1) is 10.2 Å². The van der Waals surface area contributed by atoms with Crippen LogP contribution in [0.4, 0.5) is 5.69 Å². The number of esters is 1. The summed E-state index contributed by atoms with van der Waals surface area (Å²) in [5.41, 5.74) is 6.48. The van der Waals surface area contributed by atoms with Crippen molar-refractivity contribution in [2.24, 2.45) is 5.73 Å². The molecule has 1 atom stereocenters.